The van der Waals surface area contributed by atoms with Gasteiger partial charge >= 0.3 is 0 Å². The summed E-state index contributed by atoms with van der Waals surface area (Å²) < 4.78 is 26.2. The van der Waals surface area contributed by atoms with Gasteiger partial charge in [0.15, 0.2) is 0 Å². The van der Waals surface area contributed by atoms with E-state index in [1.165, 1.54) is 23.5 Å². The molecule has 0 unspecified atom stereocenters. The average Bonchev–Trinajstić information content (AvgIpc) is 2.79. The Hall–Kier alpha value is -0.950. The molecule has 0 aliphatic rings. The van der Waals surface area contributed by atoms with Gasteiger partial charge in [-0.2, -0.15) is 0 Å². The Kier molecular flexibility index (Phi) is 3.78. The molecule has 0 bridgehead atoms. The topological polar surface area (TPSA) is 59.1 Å². The van der Waals surface area contributed by atoms with E-state index < -0.39 is 10.0 Å². The summed E-state index contributed by atoms with van der Waals surface area (Å²) >= 11 is 7.15. The summed E-state index contributed by atoms with van der Waals surface area (Å²) in [5, 5.41) is 2.90. The van der Waals surface area contributed by atoms with Crippen molar-refractivity contribution in [2.75, 3.05) is 0 Å². The molecular weight excluding hydrogens is 280 g/mol. The van der Waals surface area contributed by atoms with Crippen LogP contribution in [0, 0.1) is 0 Å². The quantitative estimate of drug-likeness (QED) is 0.939. The Labute approximate surface area is 108 Å². The van der Waals surface area contributed by atoms with Gasteiger partial charge in [0.1, 0.15) is 5.01 Å². The second-order valence-electron chi connectivity index (χ2n) is 3.21. The minimum absolute atomic E-state index is 0.154. The molecule has 17 heavy (non-hydrogen) atoms. The van der Waals surface area contributed by atoms with E-state index in [1.807, 2.05) is 0 Å². The van der Waals surface area contributed by atoms with E-state index >= 15 is 0 Å². The largest absolute Gasteiger partial charge is 0.248 e. The van der Waals surface area contributed by atoms with Gasteiger partial charge < -0.3 is 0 Å². The molecule has 0 fully saturated rings. The summed E-state index contributed by atoms with van der Waals surface area (Å²) in [6.45, 7) is 0.187. The van der Waals surface area contributed by atoms with Crippen LogP contribution < -0.4 is 4.72 Å². The summed E-state index contributed by atoms with van der Waals surface area (Å²) in [5.74, 6) is 0. The molecule has 2 rings (SSSR count). The third-order valence-electron chi connectivity index (χ3n) is 2.00. The van der Waals surface area contributed by atoms with E-state index in [0.717, 1.165) is 5.01 Å². The molecule has 0 atom stereocenters. The van der Waals surface area contributed by atoms with Gasteiger partial charge in [0.2, 0.25) is 10.0 Å². The smallest absolute Gasteiger partial charge is 0.241 e. The number of sulfonamides is 1. The fraction of sp³-hybridized carbons (Fsp3) is 0.100. The predicted octanol–water partition coefficient (Wildman–Crippen LogP) is 2.28. The molecule has 1 aromatic heterocycles. The first-order valence-electron chi connectivity index (χ1n) is 4.71. The van der Waals surface area contributed by atoms with Crippen molar-refractivity contribution in [1.82, 2.24) is 9.71 Å². The van der Waals surface area contributed by atoms with Crippen molar-refractivity contribution < 1.29 is 8.42 Å². The van der Waals surface area contributed by atoms with Crippen LogP contribution in [0.25, 0.3) is 0 Å². The highest BCUT2D eigenvalue weighted by Crippen LogP contribution is 2.15. The lowest BCUT2D eigenvalue weighted by Gasteiger charge is -2.05. The van der Waals surface area contributed by atoms with Gasteiger partial charge in [-0.3, -0.25) is 0 Å². The Morgan fingerprint density at radius 1 is 1.41 bits per heavy atom. The van der Waals surface area contributed by atoms with E-state index in [4.69, 9.17) is 11.6 Å². The average molecular weight is 289 g/mol. The summed E-state index contributed by atoms with van der Waals surface area (Å²) in [4.78, 5) is 4.15. The molecule has 7 heteroatoms. The third kappa shape index (κ3) is 3.26. The third-order valence-corrected chi connectivity index (χ3v) is 4.42. The van der Waals surface area contributed by atoms with Crippen LogP contribution in [0.4, 0.5) is 0 Å². The Morgan fingerprint density at radius 2 is 2.24 bits per heavy atom. The minimum atomic E-state index is -3.53. The number of benzene rings is 1. The standard InChI is InChI=1S/C10H9ClN2O2S2/c11-8-2-1-3-9(6-8)17(14,15)13-7-10-12-4-5-16-10/h1-6,13H,7H2. The van der Waals surface area contributed by atoms with Crippen molar-refractivity contribution in [3.63, 3.8) is 0 Å². The van der Waals surface area contributed by atoms with Crippen LogP contribution in [0.2, 0.25) is 5.02 Å². The normalized spacial score (nSPS) is 11.6. The maximum Gasteiger partial charge on any atom is 0.241 e. The number of hydrogen-bond acceptors (Lipinski definition) is 4. The molecule has 0 radical (unpaired) electrons. The highest BCUT2D eigenvalue weighted by atomic mass is 35.5. The van der Waals surface area contributed by atoms with Crippen LogP contribution in [-0.2, 0) is 16.6 Å². The second kappa shape index (κ2) is 5.14. The van der Waals surface area contributed by atoms with Gasteiger partial charge in [-0.25, -0.2) is 18.1 Å². The molecule has 90 valence electrons. The first kappa shape index (κ1) is 12.5. The van der Waals surface area contributed by atoms with Gasteiger partial charge in [-0.1, -0.05) is 17.7 Å². The zero-order chi connectivity index (χ0) is 12.3. The van der Waals surface area contributed by atoms with Crippen molar-refractivity contribution in [3.05, 3.63) is 45.9 Å². The minimum Gasteiger partial charge on any atom is -0.248 e. The first-order chi connectivity index (χ1) is 8.08. The number of aromatic nitrogens is 1. The van der Waals surface area contributed by atoms with Crippen molar-refractivity contribution >= 4 is 33.0 Å². The Balaban J connectivity index is 2.14. The summed E-state index contributed by atoms with van der Waals surface area (Å²) in [6, 6.07) is 6.13. The van der Waals surface area contributed by atoms with Crippen LogP contribution in [-0.4, -0.2) is 13.4 Å². The summed E-state index contributed by atoms with van der Waals surface area (Å²) in [5.41, 5.74) is 0. The monoisotopic (exact) mass is 288 g/mol. The Bertz CT molecular complexity index is 597. The van der Waals surface area contributed by atoms with Crippen molar-refractivity contribution in [2.45, 2.75) is 11.4 Å². The fourth-order valence-electron chi connectivity index (χ4n) is 1.21. The highest BCUT2D eigenvalue weighted by molar-refractivity contribution is 7.89. The van der Waals surface area contributed by atoms with E-state index in [0.29, 0.717) is 5.02 Å². The lowest BCUT2D eigenvalue weighted by atomic mass is 10.4. The van der Waals surface area contributed by atoms with E-state index in [-0.39, 0.29) is 11.4 Å². The maximum absolute atomic E-state index is 11.9. The zero-order valence-electron chi connectivity index (χ0n) is 8.63. The molecule has 2 aromatic rings. The lowest BCUT2D eigenvalue weighted by Crippen LogP contribution is -2.23. The van der Waals surface area contributed by atoms with Crippen LogP contribution in [0.15, 0.2) is 40.7 Å². The van der Waals surface area contributed by atoms with E-state index in [9.17, 15) is 8.42 Å². The number of halogens is 1. The maximum atomic E-state index is 11.9. The molecule has 0 saturated carbocycles. The van der Waals surface area contributed by atoms with Crippen molar-refractivity contribution in [2.24, 2.45) is 0 Å². The van der Waals surface area contributed by atoms with Crippen LogP contribution in [0.1, 0.15) is 5.01 Å². The number of hydrogen-bond donors (Lipinski definition) is 1. The molecule has 1 aromatic carbocycles. The van der Waals surface area contributed by atoms with Gasteiger partial charge in [0, 0.05) is 16.6 Å². The number of rotatable bonds is 4. The van der Waals surface area contributed by atoms with Gasteiger partial charge in [0.25, 0.3) is 0 Å². The van der Waals surface area contributed by atoms with Gasteiger partial charge in [0.05, 0.1) is 11.4 Å². The van der Waals surface area contributed by atoms with Crippen molar-refractivity contribution in [1.29, 1.82) is 0 Å². The fourth-order valence-corrected chi connectivity index (χ4v) is 3.15. The second-order valence-corrected chi connectivity index (χ2v) is 6.39. The van der Waals surface area contributed by atoms with Crippen molar-refractivity contribution in [3.8, 4) is 0 Å². The SMILES string of the molecule is O=S(=O)(NCc1nccs1)c1cccc(Cl)c1. The molecule has 0 amide bonds. The molecule has 4 nitrogen and oxygen atoms in total. The molecule has 0 spiro atoms. The molecule has 0 saturated heterocycles. The summed E-state index contributed by atoms with van der Waals surface area (Å²) in [7, 11) is -3.53. The van der Waals surface area contributed by atoms with E-state index in [2.05, 4.69) is 9.71 Å². The zero-order valence-corrected chi connectivity index (χ0v) is 11.0. The van der Waals surface area contributed by atoms with Crippen LogP contribution in [0.5, 0.6) is 0 Å². The van der Waals surface area contributed by atoms with E-state index in [1.54, 1.807) is 23.7 Å². The first-order valence-corrected chi connectivity index (χ1v) is 7.45. The Morgan fingerprint density at radius 3 is 2.88 bits per heavy atom. The summed E-state index contributed by atoms with van der Waals surface area (Å²) in [6.07, 6.45) is 1.63. The molecule has 0 aliphatic carbocycles. The number of nitrogens with one attached hydrogen (secondary N) is 1. The molecule has 0 aliphatic heterocycles. The molecule has 1 heterocycles. The van der Waals surface area contributed by atoms with Crippen LogP contribution in [0.3, 0.4) is 0 Å². The number of nitrogens with zero attached hydrogens (tertiary/aromatic N) is 1. The number of thiazole rings is 1. The van der Waals surface area contributed by atoms with Crippen LogP contribution >= 0.6 is 22.9 Å². The van der Waals surface area contributed by atoms with Gasteiger partial charge in [-0.15, -0.1) is 11.3 Å². The molecular formula is C10H9ClN2O2S2. The van der Waals surface area contributed by atoms with Gasteiger partial charge in [-0.05, 0) is 18.2 Å². The highest BCUT2D eigenvalue weighted by Gasteiger charge is 2.14. The predicted molar refractivity (Wildman–Crippen MR) is 67.6 cm³/mol. The lowest BCUT2D eigenvalue weighted by molar-refractivity contribution is 0.581. The molecule has 1 N–H and O–H groups in total.